The molecule has 0 aliphatic rings. The van der Waals surface area contributed by atoms with E-state index >= 15 is 0 Å². The lowest BCUT2D eigenvalue weighted by Crippen LogP contribution is -2.08. The Balaban J connectivity index is 2.21. The highest BCUT2D eigenvalue weighted by Gasteiger charge is 2.36. The predicted octanol–water partition coefficient (Wildman–Crippen LogP) is 4.89. The van der Waals surface area contributed by atoms with E-state index in [0.717, 1.165) is 11.1 Å². The van der Waals surface area contributed by atoms with Crippen LogP contribution < -0.4 is 0 Å². The minimum Gasteiger partial charge on any atom is -0.312 e. The Labute approximate surface area is 142 Å². The van der Waals surface area contributed by atoms with Crippen molar-refractivity contribution in [2.45, 2.75) is 12.1 Å². The lowest BCUT2D eigenvalue weighted by molar-refractivity contribution is -0.114. The van der Waals surface area contributed by atoms with Crippen molar-refractivity contribution in [1.29, 1.82) is 0 Å². The van der Waals surface area contributed by atoms with Gasteiger partial charge in [-0.25, -0.2) is 0 Å². The van der Waals surface area contributed by atoms with Crippen molar-refractivity contribution < 1.29 is 18.4 Å². The summed E-state index contributed by atoms with van der Waals surface area (Å²) >= 11 is 0. The van der Waals surface area contributed by atoms with Crippen molar-refractivity contribution in [2.75, 3.05) is 14.2 Å². The summed E-state index contributed by atoms with van der Waals surface area (Å²) in [5.41, 5.74) is 1.05. The highest BCUT2D eigenvalue weighted by Crippen LogP contribution is 2.61. The van der Waals surface area contributed by atoms with Gasteiger partial charge < -0.3 is 9.05 Å². The fourth-order valence-electron chi connectivity index (χ4n) is 2.43. The minimum atomic E-state index is -3.42. The molecule has 0 amide bonds. The van der Waals surface area contributed by atoms with Gasteiger partial charge in [0.1, 0.15) is 0 Å². The Kier molecular flexibility index (Phi) is 6.68. The molecule has 0 aromatic heterocycles. The molecule has 2 rings (SSSR count). The van der Waals surface area contributed by atoms with Crippen LogP contribution in [0.15, 0.2) is 66.7 Å². The molecule has 0 radical (unpaired) electrons. The maximum absolute atomic E-state index is 12.8. The van der Waals surface area contributed by atoms with Crippen LogP contribution in [0.2, 0.25) is 0 Å². The zero-order valence-electron chi connectivity index (χ0n) is 13.8. The molecule has 2 aromatic carbocycles. The predicted molar refractivity (Wildman–Crippen MR) is 95.9 cm³/mol. The zero-order chi connectivity index (χ0) is 17.4. The highest BCUT2D eigenvalue weighted by atomic mass is 31.2. The molecule has 2 aromatic rings. The molecule has 0 saturated heterocycles. The van der Waals surface area contributed by atoms with Gasteiger partial charge in [-0.3, -0.25) is 9.36 Å². The number of carbonyl (C=O) groups excluding carboxylic acids is 1. The van der Waals surface area contributed by atoms with Gasteiger partial charge in [0.15, 0.2) is 5.78 Å². The zero-order valence-corrected chi connectivity index (χ0v) is 14.7. The monoisotopic (exact) mass is 344 g/mol. The number of ketones is 1. The van der Waals surface area contributed by atoms with E-state index in [9.17, 15) is 9.36 Å². The van der Waals surface area contributed by atoms with Gasteiger partial charge in [0, 0.05) is 20.6 Å². The molecule has 126 valence electrons. The van der Waals surface area contributed by atoms with Crippen LogP contribution in [0.25, 0.3) is 6.08 Å². The first-order chi connectivity index (χ1) is 11.6. The first-order valence-corrected chi connectivity index (χ1v) is 9.22. The third-order valence-electron chi connectivity index (χ3n) is 3.73. The normalized spacial score (nSPS) is 13.1. The van der Waals surface area contributed by atoms with Crippen LogP contribution >= 0.6 is 7.60 Å². The van der Waals surface area contributed by atoms with Crippen LogP contribution in [-0.4, -0.2) is 20.0 Å². The Morgan fingerprint density at radius 2 is 1.54 bits per heavy atom. The van der Waals surface area contributed by atoms with Crippen molar-refractivity contribution in [3.8, 4) is 0 Å². The maximum atomic E-state index is 12.8. The molecule has 0 aliphatic heterocycles. The third kappa shape index (κ3) is 4.75. The molecule has 1 atom stereocenters. The Morgan fingerprint density at radius 1 is 1.00 bits per heavy atom. The lowest BCUT2D eigenvalue weighted by Gasteiger charge is -2.23. The van der Waals surface area contributed by atoms with E-state index in [-0.39, 0.29) is 12.2 Å². The van der Waals surface area contributed by atoms with Crippen LogP contribution in [0, 0.1) is 0 Å². The summed E-state index contributed by atoms with van der Waals surface area (Å²) in [6.07, 6.45) is 3.29. The van der Waals surface area contributed by atoms with Crippen molar-refractivity contribution in [3.63, 3.8) is 0 Å². The van der Waals surface area contributed by atoms with Gasteiger partial charge in [-0.1, -0.05) is 66.7 Å². The summed E-state index contributed by atoms with van der Waals surface area (Å²) in [6, 6.07) is 18.7. The van der Waals surface area contributed by atoms with Crippen LogP contribution in [0.1, 0.15) is 23.2 Å². The molecule has 0 bridgehead atoms. The second-order valence-electron chi connectivity index (χ2n) is 5.25. The molecule has 4 nitrogen and oxygen atoms in total. The smallest absolute Gasteiger partial charge is 0.312 e. The second-order valence-corrected chi connectivity index (χ2v) is 7.68. The Bertz CT molecular complexity index is 718. The van der Waals surface area contributed by atoms with E-state index in [2.05, 4.69) is 0 Å². The molecule has 0 N–H and O–H groups in total. The topological polar surface area (TPSA) is 52.6 Å². The van der Waals surface area contributed by atoms with Crippen LogP contribution in [0.3, 0.4) is 0 Å². The summed E-state index contributed by atoms with van der Waals surface area (Å²) in [6.45, 7) is 0. The van der Waals surface area contributed by atoms with Crippen molar-refractivity contribution in [1.82, 2.24) is 0 Å². The Hall–Kier alpha value is -2.00. The molecule has 0 aliphatic carbocycles. The summed E-state index contributed by atoms with van der Waals surface area (Å²) < 4.78 is 23.1. The van der Waals surface area contributed by atoms with Crippen LogP contribution in [-0.2, 0) is 18.4 Å². The van der Waals surface area contributed by atoms with Crippen LogP contribution in [0.5, 0.6) is 0 Å². The van der Waals surface area contributed by atoms with Gasteiger partial charge in [0.05, 0.1) is 5.66 Å². The molecule has 1 unspecified atom stereocenters. The third-order valence-corrected chi connectivity index (χ3v) is 5.99. The van der Waals surface area contributed by atoms with Gasteiger partial charge in [0.2, 0.25) is 0 Å². The summed E-state index contributed by atoms with van der Waals surface area (Å²) in [5.74, 6) is -0.137. The number of rotatable bonds is 8. The van der Waals surface area contributed by atoms with Gasteiger partial charge in [-0.15, -0.1) is 0 Å². The van der Waals surface area contributed by atoms with Gasteiger partial charge in [-0.05, 0) is 17.2 Å². The average Bonchev–Trinajstić information content (AvgIpc) is 2.65. The van der Waals surface area contributed by atoms with Crippen molar-refractivity contribution in [2.24, 2.45) is 0 Å². The molecule has 0 fully saturated rings. The molecule has 0 saturated carbocycles. The van der Waals surface area contributed by atoms with Crippen molar-refractivity contribution in [3.05, 3.63) is 77.9 Å². The largest absolute Gasteiger partial charge is 0.337 e. The average molecular weight is 344 g/mol. The van der Waals surface area contributed by atoms with E-state index in [1.165, 1.54) is 20.3 Å². The first-order valence-electron chi connectivity index (χ1n) is 7.61. The van der Waals surface area contributed by atoms with E-state index in [0.29, 0.717) is 0 Å². The van der Waals surface area contributed by atoms with E-state index in [4.69, 9.17) is 9.05 Å². The molecule has 5 heteroatoms. The summed E-state index contributed by atoms with van der Waals surface area (Å²) in [4.78, 5) is 12.4. The maximum Gasteiger partial charge on any atom is 0.337 e. The van der Waals surface area contributed by atoms with E-state index < -0.39 is 13.3 Å². The Morgan fingerprint density at radius 3 is 2.08 bits per heavy atom. The number of carbonyl (C=O) groups is 1. The van der Waals surface area contributed by atoms with Crippen molar-refractivity contribution >= 4 is 19.5 Å². The van der Waals surface area contributed by atoms with E-state index in [1.807, 2.05) is 60.7 Å². The molecule has 0 heterocycles. The number of benzene rings is 2. The van der Waals surface area contributed by atoms with Gasteiger partial charge in [-0.2, -0.15) is 0 Å². The van der Waals surface area contributed by atoms with Gasteiger partial charge >= 0.3 is 7.60 Å². The SMILES string of the molecule is COP(=O)(OC)C(CC(=O)/C=C/c1ccccc1)c1ccccc1. The minimum absolute atomic E-state index is 0.0479. The highest BCUT2D eigenvalue weighted by molar-refractivity contribution is 7.54. The molecular formula is C19H21O4P. The van der Waals surface area contributed by atoms with E-state index in [1.54, 1.807) is 6.08 Å². The summed E-state index contributed by atoms with van der Waals surface area (Å²) in [5, 5.41) is 0. The van der Waals surface area contributed by atoms with Gasteiger partial charge in [0.25, 0.3) is 0 Å². The quantitative estimate of drug-likeness (QED) is 0.505. The summed E-state index contributed by atoms with van der Waals surface area (Å²) in [7, 11) is -0.742. The fourth-order valence-corrected chi connectivity index (χ4v) is 4.03. The molecule has 0 spiro atoms. The second kappa shape index (κ2) is 8.74. The first kappa shape index (κ1) is 18.3. The standard InChI is InChI=1S/C19H21O4P/c1-22-24(21,23-2)19(17-11-7-4-8-12-17)15-18(20)14-13-16-9-5-3-6-10-16/h3-14,19H,15H2,1-2H3/b14-13+. The van der Waals surface area contributed by atoms with Crippen LogP contribution in [0.4, 0.5) is 0 Å². The fraction of sp³-hybridized carbons (Fsp3) is 0.211. The number of hydrogen-bond donors (Lipinski definition) is 0. The number of hydrogen-bond acceptors (Lipinski definition) is 4. The molecule has 24 heavy (non-hydrogen) atoms. The number of allylic oxidation sites excluding steroid dienone is 1. The molecular weight excluding hydrogens is 323 g/mol. The lowest BCUT2D eigenvalue weighted by atomic mass is 10.1.